The van der Waals surface area contributed by atoms with E-state index in [9.17, 15) is 0 Å². The fraction of sp³-hybridized carbons (Fsp3) is 0.263. The summed E-state index contributed by atoms with van der Waals surface area (Å²) in [6.07, 6.45) is 0.842. The van der Waals surface area contributed by atoms with Crippen molar-refractivity contribution in [2.45, 2.75) is 20.3 Å². The highest BCUT2D eigenvalue weighted by atomic mass is 16.5. The van der Waals surface area contributed by atoms with E-state index in [0.717, 1.165) is 29.1 Å². The fourth-order valence-corrected chi connectivity index (χ4v) is 2.14. The lowest BCUT2D eigenvalue weighted by molar-refractivity contribution is 0.215. The summed E-state index contributed by atoms with van der Waals surface area (Å²) in [4.78, 5) is 0. The first kappa shape index (κ1) is 15.2. The molecule has 2 heteroatoms. The number of rotatable bonds is 7. The van der Waals surface area contributed by atoms with E-state index in [2.05, 4.69) is 12.6 Å². The van der Waals surface area contributed by atoms with Gasteiger partial charge in [-0.25, -0.2) is 0 Å². The SMILES string of the molecule is C=C(C)Cc1ccccc1OCCOc1ccccc1C. The Kier molecular flexibility index (Phi) is 5.44. The van der Waals surface area contributed by atoms with E-state index in [1.807, 2.05) is 56.3 Å². The van der Waals surface area contributed by atoms with Gasteiger partial charge in [-0.1, -0.05) is 48.6 Å². The molecule has 2 aromatic rings. The second-order valence-corrected chi connectivity index (χ2v) is 5.20. The van der Waals surface area contributed by atoms with Crippen LogP contribution >= 0.6 is 0 Å². The predicted molar refractivity (Wildman–Crippen MR) is 87.1 cm³/mol. The summed E-state index contributed by atoms with van der Waals surface area (Å²) in [5.41, 5.74) is 3.43. The maximum Gasteiger partial charge on any atom is 0.122 e. The van der Waals surface area contributed by atoms with Gasteiger partial charge in [-0.05, 0) is 43.5 Å². The highest BCUT2D eigenvalue weighted by Gasteiger charge is 2.03. The predicted octanol–water partition coefficient (Wildman–Crippen LogP) is 4.57. The second-order valence-electron chi connectivity index (χ2n) is 5.20. The molecule has 110 valence electrons. The van der Waals surface area contributed by atoms with Gasteiger partial charge in [0.15, 0.2) is 0 Å². The quantitative estimate of drug-likeness (QED) is 0.547. The molecule has 0 fully saturated rings. The highest BCUT2D eigenvalue weighted by Crippen LogP contribution is 2.21. The zero-order valence-electron chi connectivity index (χ0n) is 12.8. The normalized spacial score (nSPS) is 10.2. The Morgan fingerprint density at radius 1 is 0.905 bits per heavy atom. The van der Waals surface area contributed by atoms with Crippen molar-refractivity contribution in [3.05, 3.63) is 71.8 Å². The molecule has 2 nitrogen and oxygen atoms in total. The Bertz CT molecular complexity index is 602. The van der Waals surface area contributed by atoms with E-state index in [4.69, 9.17) is 9.47 Å². The van der Waals surface area contributed by atoms with Crippen LogP contribution < -0.4 is 9.47 Å². The van der Waals surface area contributed by atoms with Gasteiger partial charge in [0.1, 0.15) is 24.7 Å². The molecule has 0 radical (unpaired) electrons. The highest BCUT2D eigenvalue weighted by molar-refractivity contribution is 5.36. The minimum Gasteiger partial charge on any atom is -0.490 e. The van der Waals surface area contributed by atoms with Crippen LogP contribution in [0.4, 0.5) is 0 Å². The monoisotopic (exact) mass is 282 g/mol. The number of hydrogen-bond donors (Lipinski definition) is 0. The van der Waals surface area contributed by atoms with Crippen molar-refractivity contribution in [3.63, 3.8) is 0 Å². The first-order valence-electron chi connectivity index (χ1n) is 7.20. The van der Waals surface area contributed by atoms with Crippen LogP contribution in [0.3, 0.4) is 0 Å². The van der Waals surface area contributed by atoms with Gasteiger partial charge in [-0.2, -0.15) is 0 Å². The molecule has 0 saturated carbocycles. The lowest BCUT2D eigenvalue weighted by atomic mass is 10.1. The van der Waals surface area contributed by atoms with Crippen molar-refractivity contribution in [3.8, 4) is 11.5 Å². The van der Waals surface area contributed by atoms with Crippen LogP contribution in [0, 0.1) is 6.92 Å². The number of hydrogen-bond acceptors (Lipinski definition) is 2. The maximum atomic E-state index is 5.83. The molecule has 0 aromatic heterocycles. The molecule has 2 rings (SSSR count). The summed E-state index contributed by atoms with van der Waals surface area (Å²) < 4.78 is 11.6. The van der Waals surface area contributed by atoms with Crippen LogP contribution in [-0.4, -0.2) is 13.2 Å². The molecule has 0 aliphatic heterocycles. The number of benzene rings is 2. The van der Waals surface area contributed by atoms with E-state index in [0.29, 0.717) is 13.2 Å². The van der Waals surface area contributed by atoms with Crippen molar-refractivity contribution in [2.75, 3.05) is 13.2 Å². The Morgan fingerprint density at radius 2 is 1.48 bits per heavy atom. The van der Waals surface area contributed by atoms with Gasteiger partial charge in [0.25, 0.3) is 0 Å². The summed E-state index contributed by atoms with van der Waals surface area (Å²) in [5, 5.41) is 0. The van der Waals surface area contributed by atoms with Gasteiger partial charge in [0, 0.05) is 0 Å². The van der Waals surface area contributed by atoms with Crippen LogP contribution in [-0.2, 0) is 6.42 Å². The molecular weight excluding hydrogens is 260 g/mol. The summed E-state index contributed by atoms with van der Waals surface area (Å²) in [5.74, 6) is 1.82. The molecule has 0 aliphatic rings. The van der Waals surface area contributed by atoms with Gasteiger partial charge < -0.3 is 9.47 Å². The summed E-state index contributed by atoms with van der Waals surface area (Å²) in [6.45, 7) is 9.09. The molecule has 0 heterocycles. The summed E-state index contributed by atoms with van der Waals surface area (Å²) in [7, 11) is 0. The fourth-order valence-electron chi connectivity index (χ4n) is 2.14. The molecule has 0 amide bonds. The van der Waals surface area contributed by atoms with Crippen LogP contribution in [0.5, 0.6) is 11.5 Å². The van der Waals surface area contributed by atoms with E-state index >= 15 is 0 Å². The van der Waals surface area contributed by atoms with Crippen molar-refractivity contribution in [2.24, 2.45) is 0 Å². The Balaban J connectivity index is 1.86. The zero-order valence-corrected chi connectivity index (χ0v) is 12.8. The minimum absolute atomic E-state index is 0.529. The van der Waals surface area contributed by atoms with E-state index < -0.39 is 0 Å². The molecule has 0 unspecified atom stereocenters. The molecule has 0 bridgehead atoms. The molecular formula is C19H22O2. The summed E-state index contributed by atoms with van der Waals surface area (Å²) in [6, 6.07) is 16.1. The summed E-state index contributed by atoms with van der Waals surface area (Å²) >= 11 is 0. The Hall–Kier alpha value is -2.22. The zero-order chi connectivity index (χ0) is 15.1. The van der Waals surface area contributed by atoms with Crippen LogP contribution in [0.1, 0.15) is 18.1 Å². The molecule has 0 N–H and O–H groups in total. The van der Waals surface area contributed by atoms with E-state index in [1.54, 1.807) is 0 Å². The lowest BCUT2D eigenvalue weighted by Gasteiger charge is -2.13. The third-order valence-electron chi connectivity index (χ3n) is 3.16. The molecule has 0 atom stereocenters. The average Bonchev–Trinajstić information content (AvgIpc) is 2.46. The van der Waals surface area contributed by atoms with Gasteiger partial charge >= 0.3 is 0 Å². The first-order chi connectivity index (χ1) is 10.2. The molecule has 0 saturated heterocycles. The third-order valence-corrected chi connectivity index (χ3v) is 3.16. The topological polar surface area (TPSA) is 18.5 Å². The molecule has 21 heavy (non-hydrogen) atoms. The Labute approximate surface area is 127 Å². The van der Waals surface area contributed by atoms with Gasteiger partial charge in [-0.15, -0.1) is 0 Å². The Morgan fingerprint density at radius 3 is 2.14 bits per heavy atom. The number of allylic oxidation sites excluding steroid dienone is 1. The van der Waals surface area contributed by atoms with Gasteiger partial charge in [0.2, 0.25) is 0 Å². The van der Waals surface area contributed by atoms with Crippen LogP contribution in [0.25, 0.3) is 0 Å². The first-order valence-corrected chi connectivity index (χ1v) is 7.20. The van der Waals surface area contributed by atoms with Crippen molar-refractivity contribution >= 4 is 0 Å². The van der Waals surface area contributed by atoms with Crippen LogP contribution in [0.15, 0.2) is 60.7 Å². The van der Waals surface area contributed by atoms with Crippen molar-refractivity contribution in [1.29, 1.82) is 0 Å². The number of ether oxygens (including phenoxy) is 2. The second kappa shape index (κ2) is 7.53. The number of para-hydroxylation sites is 2. The molecule has 0 aliphatic carbocycles. The van der Waals surface area contributed by atoms with E-state index in [1.165, 1.54) is 5.56 Å². The third kappa shape index (κ3) is 4.67. The molecule has 0 spiro atoms. The molecule has 2 aromatic carbocycles. The smallest absolute Gasteiger partial charge is 0.122 e. The largest absolute Gasteiger partial charge is 0.490 e. The van der Waals surface area contributed by atoms with Crippen LogP contribution in [0.2, 0.25) is 0 Å². The van der Waals surface area contributed by atoms with Crippen molar-refractivity contribution < 1.29 is 9.47 Å². The van der Waals surface area contributed by atoms with Crippen molar-refractivity contribution in [1.82, 2.24) is 0 Å². The van der Waals surface area contributed by atoms with Gasteiger partial charge in [-0.3, -0.25) is 0 Å². The standard InChI is InChI=1S/C19H22O2/c1-15(2)14-17-9-5-7-11-19(17)21-13-12-20-18-10-6-4-8-16(18)3/h4-11H,1,12-14H2,2-3H3. The number of aryl methyl sites for hydroxylation is 1. The maximum absolute atomic E-state index is 5.83. The lowest BCUT2D eigenvalue weighted by Crippen LogP contribution is -2.10. The van der Waals surface area contributed by atoms with Gasteiger partial charge in [0.05, 0.1) is 0 Å². The average molecular weight is 282 g/mol. The van der Waals surface area contributed by atoms with E-state index in [-0.39, 0.29) is 0 Å². The minimum atomic E-state index is 0.529.